The molecular weight excluding hydrogens is 250 g/mol. The summed E-state index contributed by atoms with van der Waals surface area (Å²) in [4.78, 5) is 15.2. The second-order valence-electron chi connectivity index (χ2n) is 8.58. The average Bonchev–Trinajstić information content (AvgIpc) is 2.36. The fourth-order valence-electron chi connectivity index (χ4n) is 6.37. The molecule has 1 saturated heterocycles. The third kappa shape index (κ3) is 1.93. The Morgan fingerprint density at radius 2 is 1.70 bits per heavy atom. The van der Waals surface area contributed by atoms with Gasteiger partial charge >= 0.3 is 0 Å². The summed E-state index contributed by atoms with van der Waals surface area (Å²) in [6.45, 7) is 3.97. The highest BCUT2D eigenvalue weighted by molar-refractivity contribution is 5.83. The van der Waals surface area contributed by atoms with Crippen molar-refractivity contribution >= 4 is 5.91 Å². The average molecular weight is 277 g/mol. The van der Waals surface area contributed by atoms with E-state index in [1.165, 1.54) is 19.3 Å². The van der Waals surface area contributed by atoms with Crippen LogP contribution in [0.15, 0.2) is 0 Å². The van der Waals surface area contributed by atoms with Crippen molar-refractivity contribution in [1.82, 2.24) is 4.90 Å². The van der Waals surface area contributed by atoms with Gasteiger partial charge in [0.25, 0.3) is 0 Å². The van der Waals surface area contributed by atoms with Crippen molar-refractivity contribution in [2.75, 3.05) is 13.1 Å². The van der Waals surface area contributed by atoms with E-state index < -0.39 is 0 Å². The maximum atomic E-state index is 13.1. The molecule has 5 rings (SSSR count). The highest BCUT2D eigenvalue weighted by atomic mass is 16.3. The van der Waals surface area contributed by atoms with Gasteiger partial charge in [0.1, 0.15) is 0 Å². The van der Waals surface area contributed by atoms with Gasteiger partial charge in [0, 0.05) is 13.1 Å². The lowest BCUT2D eigenvalue weighted by atomic mass is 9.44. The number of hydrogen-bond donors (Lipinski definition) is 1. The molecule has 3 nitrogen and oxygen atoms in total. The Bertz CT molecular complexity index is 411. The zero-order chi connectivity index (χ0) is 14.0. The van der Waals surface area contributed by atoms with E-state index >= 15 is 0 Å². The molecule has 4 bridgehead atoms. The zero-order valence-electron chi connectivity index (χ0n) is 12.6. The van der Waals surface area contributed by atoms with Crippen molar-refractivity contribution in [3.63, 3.8) is 0 Å². The lowest BCUT2D eigenvalue weighted by molar-refractivity contribution is -0.167. The Kier molecular flexibility index (Phi) is 2.77. The van der Waals surface area contributed by atoms with Crippen LogP contribution in [-0.2, 0) is 4.79 Å². The van der Waals surface area contributed by atoms with Crippen molar-refractivity contribution in [3.05, 3.63) is 0 Å². The van der Waals surface area contributed by atoms with Crippen molar-refractivity contribution in [2.45, 2.75) is 64.4 Å². The van der Waals surface area contributed by atoms with Gasteiger partial charge in [-0.25, -0.2) is 0 Å². The molecule has 0 spiro atoms. The van der Waals surface area contributed by atoms with Crippen LogP contribution in [0.2, 0.25) is 0 Å². The predicted octanol–water partition coefficient (Wildman–Crippen LogP) is 2.58. The van der Waals surface area contributed by atoms with E-state index in [2.05, 4.69) is 11.8 Å². The molecule has 1 aliphatic heterocycles. The topological polar surface area (TPSA) is 40.5 Å². The summed E-state index contributed by atoms with van der Waals surface area (Å²) in [5, 5.41) is 9.65. The molecule has 2 unspecified atom stereocenters. The quantitative estimate of drug-likeness (QED) is 0.800. The first kappa shape index (κ1) is 13.1. The number of carbonyl (C=O) groups excluding carboxylic acids is 1. The van der Waals surface area contributed by atoms with Crippen LogP contribution < -0.4 is 0 Å². The minimum atomic E-state index is -0.187. The Morgan fingerprint density at radius 1 is 1.10 bits per heavy atom. The number of piperidine rings is 1. The van der Waals surface area contributed by atoms with Gasteiger partial charge in [-0.3, -0.25) is 4.79 Å². The molecule has 5 aliphatic rings. The van der Waals surface area contributed by atoms with Crippen molar-refractivity contribution in [3.8, 4) is 0 Å². The molecule has 1 N–H and O–H groups in total. The van der Waals surface area contributed by atoms with Crippen LogP contribution in [0.25, 0.3) is 0 Å². The van der Waals surface area contributed by atoms with Gasteiger partial charge in [-0.05, 0) is 68.6 Å². The van der Waals surface area contributed by atoms with Gasteiger partial charge < -0.3 is 10.0 Å². The standard InChI is InChI=1S/C17H27NO2/c1-16-7-12-6-13(8-16)10-17(9-12,11-16)15(20)18-4-2-14(19)3-5-18/h12-14,19H,2-11H2,1H3. The number of hydrogen-bond acceptors (Lipinski definition) is 2. The molecule has 0 radical (unpaired) electrons. The van der Waals surface area contributed by atoms with E-state index in [4.69, 9.17) is 0 Å². The van der Waals surface area contributed by atoms with Crippen molar-refractivity contribution in [2.24, 2.45) is 22.7 Å². The van der Waals surface area contributed by atoms with E-state index in [1.54, 1.807) is 0 Å². The first-order chi connectivity index (χ1) is 9.48. The Hall–Kier alpha value is -0.570. The molecule has 4 aliphatic carbocycles. The van der Waals surface area contributed by atoms with Gasteiger partial charge in [-0.2, -0.15) is 0 Å². The Labute approximate surface area is 121 Å². The smallest absolute Gasteiger partial charge is 0.228 e. The molecule has 112 valence electrons. The monoisotopic (exact) mass is 277 g/mol. The molecular formula is C17H27NO2. The lowest BCUT2D eigenvalue weighted by Crippen LogP contribution is -2.58. The molecule has 20 heavy (non-hydrogen) atoms. The number of carbonyl (C=O) groups is 1. The van der Waals surface area contributed by atoms with Crippen LogP contribution in [0.5, 0.6) is 0 Å². The SMILES string of the molecule is CC12CC3CC(C1)CC(C(=O)N1CCC(O)CC1)(C3)C2. The largest absolute Gasteiger partial charge is 0.393 e. The summed E-state index contributed by atoms with van der Waals surface area (Å²) in [6, 6.07) is 0. The maximum Gasteiger partial charge on any atom is 0.228 e. The van der Waals surface area contributed by atoms with Gasteiger partial charge in [0.05, 0.1) is 11.5 Å². The molecule has 1 heterocycles. The van der Waals surface area contributed by atoms with Crippen LogP contribution in [-0.4, -0.2) is 35.1 Å². The lowest BCUT2D eigenvalue weighted by Gasteiger charge is -2.61. The van der Waals surface area contributed by atoms with E-state index in [1.807, 2.05) is 0 Å². The maximum absolute atomic E-state index is 13.1. The molecule has 3 heteroatoms. The number of rotatable bonds is 1. The Morgan fingerprint density at radius 3 is 2.25 bits per heavy atom. The van der Waals surface area contributed by atoms with E-state index in [9.17, 15) is 9.90 Å². The summed E-state index contributed by atoms with van der Waals surface area (Å²) in [5.41, 5.74) is 0.413. The van der Waals surface area contributed by atoms with Crippen molar-refractivity contribution in [1.29, 1.82) is 0 Å². The highest BCUT2D eigenvalue weighted by Crippen LogP contribution is 2.65. The van der Waals surface area contributed by atoms with E-state index in [-0.39, 0.29) is 11.5 Å². The van der Waals surface area contributed by atoms with Crippen LogP contribution >= 0.6 is 0 Å². The summed E-state index contributed by atoms with van der Waals surface area (Å²) >= 11 is 0. The second-order valence-corrected chi connectivity index (χ2v) is 8.58. The predicted molar refractivity (Wildman–Crippen MR) is 77.0 cm³/mol. The number of amides is 1. The fourth-order valence-corrected chi connectivity index (χ4v) is 6.37. The molecule has 1 amide bonds. The van der Waals surface area contributed by atoms with Crippen LogP contribution in [0.3, 0.4) is 0 Å². The van der Waals surface area contributed by atoms with Crippen LogP contribution in [0, 0.1) is 22.7 Å². The normalized spacial score (nSPS) is 47.8. The molecule has 2 atom stereocenters. The van der Waals surface area contributed by atoms with Gasteiger partial charge in [0.15, 0.2) is 0 Å². The van der Waals surface area contributed by atoms with Gasteiger partial charge in [-0.15, -0.1) is 0 Å². The number of likely N-dealkylation sites (tertiary alicyclic amines) is 1. The van der Waals surface area contributed by atoms with E-state index in [0.29, 0.717) is 11.3 Å². The molecule has 0 aromatic carbocycles. The van der Waals surface area contributed by atoms with Gasteiger partial charge in [0.2, 0.25) is 5.91 Å². The molecule has 0 aromatic rings. The fraction of sp³-hybridized carbons (Fsp3) is 0.941. The van der Waals surface area contributed by atoms with Crippen LogP contribution in [0.1, 0.15) is 58.3 Å². The zero-order valence-corrected chi connectivity index (χ0v) is 12.6. The van der Waals surface area contributed by atoms with Gasteiger partial charge in [-0.1, -0.05) is 6.92 Å². The third-order valence-corrected chi connectivity index (χ3v) is 6.56. The Balaban J connectivity index is 1.56. The second kappa shape index (κ2) is 4.22. The first-order valence-corrected chi connectivity index (χ1v) is 8.46. The number of aliphatic hydroxyl groups excluding tert-OH is 1. The first-order valence-electron chi connectivity index (χ1n) is 8.46. The van der Waals surface area contributed by atoms with E-state index in [0.717, 1.165) is 57.0 Å². The third-order valence-electron chi connectivity index (χ3n) is 6.56. The molecule has 5 fully saturated rings. The minimum absolute atomic E-state index is 0.0267. The number of nitrogens with zero attached hydrogens (tertiary/aromatic N) is 1. The minimum Gasteiger partial charge on any atom is -0.393 e. The van der Waals surface area contributed by atoms with Crippen LogP contribution in [0.4, 0.5) is 0 Å². The summed E-state index contributed by atoms with van der Waals surface area (Å²) in [6.07, 6.45) is 8.88. The summed E-state index contributed by atoms with van der Waals surface area (Å²) in [5.74, 6) is 2.05. The summed E-state index contributed by atoms with van der Waals surface area (Å²) in [7, 11) is 0. The highest BCUT2D eigenvalue weighted by Gasteiger charge is 2.59. The molecule has 4 saturated carbocycles. The molecule has 0 aromatic heterocycles. The van der Waals surface area contributed by atoms with Crippen molar-refractivity contribution < 1.29 is 9.90 Å². The summed E-state index contributed by atoms with van der Waals surface area (Å²) < 4.78 is 0. The number of aliphatic hydroxyl groups is 1.